The van der Waals surface area contributed by atoms with Gasteiger partial charge in [0.15, 0.2) is 0 Å². The molecule has 0 aromatic carbocycles. The van der Waals surface area contributed by atoms with E-state index in [2.05, 4.69) is 4.98 Å². The Morgan fingerprint density at radius 1 is 1.40 bits per heavy atom. The first-order valence-corrected chi connectivity index (χ1v) is 4.59. The van der Waals surface area contributed by atoms with Crippen molar-refractivity contribution in [3.05, 3.63) is 33.7 Å². The fraction of sp³-hybridized carbons (Fsp3) is 0.500. The predicted molar refractivity (Wildman–Crippen MR) is 50.6 cm³/mol. The van der Waals surface area contributed by atoms with Crippen molar-refractivity contribution in [1.29, 1.82) is 0 Å². The van der Waals surface area contributed by atoms with Crippen LogP contribution in [0.5, 0.6) is 0 Å². The Morgan fingerprint density at radius 2 is 2.00 bits per heavy atom. The van der Waals surface area contributed by atoms with Crippen LogP contribution in [0.3, 0.4) is 0 Å². The monoisotopic (exact) mass is 219 g/mol. The van der Waals surface area contributed by atoms with Crippen molar-refractivity contribution < 1.29 is 13.2 Å². The molecule has 1 rings (SSSR count). The average molecular weight is 219 g/mol. The highest BCUT2D eigenvalue weighted by Gasteiger charge is 2.34. The van der Waals surface area contributed by atoms with E-state index in [-0.39, 0.29) is 5.92 Å². The van der Waals surface area contributed by atoms with Gasteiger partial charge in [0.1, 0.15) is 5.56 Å². The maximum absolute atomic E-state index is 12.3. The molecule has 0 saturated heterocycles. The Balaban J connectivity index is 3.12. The van der Waals surface area contributed by atoms with E-state index < -0.39 is 17.3 Å². The summed E-state index contributed by atoms with van der Waals surface area (Å²) in [5.74, 6) is 0.247. The molecule has 0 aliphatic rings. The Hall–Kier alpha value is -1.26. The van der Waals surface area contributed by atoms with Crippen LogP contribution in [-0.4, -0.2) is 4.98 Å². The molecule has 0 bridgehead atoms. The third-order valence-electron chi connectivity index (χ3n) is 1.91. The second kappa shape index (κ2) is 4.08. The maximum atomic E-state index is 12.3. The van der Waals surface area contributed by atoms with Gasteiger partial charge in [-0.25, -0.2) is 0 Å². The summed E-state index contributed by atoms with van der Waals surface area (Å²) in [6, 6.07) is 0.916. The van der Waals surface area contributed by atoms with Crippen molar-refractivity contribution in [3.8, 4) is 0 Å². The molecule has 0 unspecified atom stereocenters. The van der Waals surface area contributed by atoms with Crippen molar-refractivity contribution >= 4 is 0 Å². The van der Waals surface area contributed by atoms with Crippen LogP contribution in [0.1, 0.15) is 25.0 Å². The van der Waals surface area contributed by atoms with Crippen LogP contribution in [0, 0.1) is 5.92 Å². The van der Waals surface area contributed by atoms with Gasteiger partial charge in [-0.05, 0) is 24.0 Å². The van der Waals surface area contributed by atoms with Crippen LogP contribution < -0.4 is 5.56 Å². The molecule has 1 aromatic rings. The molecule has 0 saturated carbocycles. The minimum absolute atomic E-state index is 0.247. The van der Waals surface area contributed by atoms with Gasteiger partial charge in [0.25, 0.3) is 5.56 Å². The zero-order valence-corrected chi connectivity index (χ0v) is 8.48. The van der Waals surface area contributed by atoms with Gasteiger partial charge in [0.2, 0.25) is 0 Å². The molecule has 0 aliphatic heterocycles. The van der Waals surface area contributed by atoms with Crippen molar-refractivity contribution in [2.75, 3.05) is 0 Å². The Kier molecular flexibility index (Phi) is 3.21. The Morgan fingerprint density at radius 3 is 2.47 bits per heavy atom. The van der Waals surface area contributed by atoms with Crippen molar-refractivity contribution in [1.82, 2.24) is 4.98 Å². The molecule has 84 valence electrons. The number of halogens is 3. The second-order valence-electron chi connectivity index (χ2n) is 3.85. The van der Waals surface area contributed by atoms with Gasteiger partial charge >= 0.3 is 6.18 Å². The molecule has 5 heteroatoms. The third kappa shape index (κ3) is 3.11. The van der Waals surface area contributed by atoms with Crippen LogP contribution in [0.25, 0.3) is 0 Å². The summed E-state index contributed by atoms with van der Waals surface area (Å²) in [6.07, 6.45) is -2.74. The van der Waals surface area contributed by atoms with E-state index in [1.807, 2.05) is 13.8 Å². The number of hydrogen-bond donors (Lipinski definition) is 1. The number of aromatic amines is 1. The van der Waals surface area contributed by atoms with E-state index in [1.54, 1.807) is 0 Å². The first kappa shape index (κ1) is 11.8. The van der Waals surface area contributed by atoms with E-state index in [4.69, 9.17) is 0 Å². The van der Waals surface area contributed by atoms with Crippen molar-refractivity contribution in [3.63, 3.8) is 0 Å². The molecule has 15 heavy (non-hydrogen) atoms. The number of H-pyrrole nitrogens is 1. The molecule has 0 atom stereocenters. The minimum Gasteiger partial charge on any atom is -0.328 e. The molecule has 1 aromatic heterocycles. The quantitative estimate of drug-likeness (QED) is 0.814. The van der Waals surface area contributed by atoms with Gasteiger partial charge in [-0.3, -0.25) is 4.79 Å². The fourth-order valence-electron chi connectivity index (χ4n) is 1.33. The molecule has 0 spiro atoms. The third-order valence-corrected chi connectivity index (χ3v) is 1.91. The van der Waals surface area contributed by atoms with Gasteiger partial charge in [0, 0.05) is 6.20 Å². The predicted octanol–water partition coefficient (Wildman–Crippen LogP) is 2.59. The zero-order valence-electron chi connectivity index (χ0n) is 8.48. The van der Waals surface area contributed by atoms with Crippen molar-refractivity contribution in [2.45, 2.75) is 26.4 Å². The number of rotatable bonds is 2. The minimum atomic E-state index is -4.58. The summed E-state index contributed by atoms with van der Waals surface area (Å²) in [5.41, 5.74) is -1.72. The number of pyridine rings is 1. The summed E-state index contributed by atoms with van der Waals surface area (Å²) in [7, 11) is 0. The molecule has 0 fully saturated rings. The van der Waals surface area contributed by atoms with Crippen LogP contribution in [-0.2, 0) is 12.6 Å². The van der Waals surface area contributed by atoms with Crippen molar-refractivity contribution in [2.24, 2.45) is 5.92 Å². The second-order valence-corrected chi connectivity index (χ2v) is 3.85. The molecular weight excluding hydrogens is 207 g/mol. The molecule has 1 N–H and O–H groups in total. The summed E-state index contributed by atoms with van der Waals surface area (Å²) in [5, 5.41) is 0. The largest absolute Gasteiger partial charge is 0.421 e. The van der Waals surface area contributed by atoms with E-state index >= 15 is 0 Å². The van der Waals surface area contributed by atoms with Crippen LogP contribution in [0.4, 0.5) is 13.2 Å². The molecule has 2 nitrogen and oxygen atoms in total. The standard InChI is InChI=1S/C10H12F3NO/c1-6(2)3-7-4-8(10(11,12)13)9(15)14-5-7/h4-6H,3H2,1-2H3,(H,14,15). The van der Waals surface area contributed by atoms with E-state index in [0.717, 1.165) is 6.07 Å². The highest BCUT2D eigenvalue weighted by molar-refractivity contribution is 5.21. The fourth-order valence-corrected chi connectivity index (χ4v) is 1.33. The average Bonchev–Trinajstić information content (AvgIpc) is 2.05. The SMILES string of the molecule is CC(C)Cc1c[nH]c(=O)c(C(F)(F)F)c1. The molecule has 0 amide bonds. The summed E-state index contributed by atoms with van der Waals surface area (Å²) in [6.45, 7) is 3.80. The van der Waals surface area contributed by atoms with Gasteiger partial charge in [-0.15, -0.1) is 0 Å². The zero-order chi connectivity index (χ0) is 11.6. The highest BCUT2D eigenvalue weighted by Crippen LogP contribution is 2.26. The number of alkyl halides is 3. The van der Waals surface area contributed by atoms with Crippen LogP contribution in [0.15, 0.2) is 17.1 Å². The first-order chi connectivity index (χ1) is 6.80. The summed E-state index contributed by atoms with van der Waals surface area (Å²) in [4.78, 5) is 13.0. The van der Waals surface area contributed by atoms with Gasteiger partial charge in [0.05, 0.1) is 0 Å². The Bertz CT molecular complexity index is 392. The van der Waals surface area contributed by atoms with Crippen LogP contribution in [0.2, 0.25) is 0 Å². The number of aromatic nitrogens is 1. The lowest BCUT2D eigenvalue weighted by Gasteiger charge is -2.09. The maximum Gasteiger partial charge on any atom is 0.421 e. The lowest BCUT2D eigenvalue weighted by Crippen LogP contribution is -2.21. The molecular formula is C10H12F3NO. The van der Waals surface area contributed by atoms with E-state index in [0.29, 0.717) is 12.0 Å². The van der Waals surface area contributed by atoms with Gasteiger partial charge in [-0.2, -0.15) is 13.2 Å². The van der Waals surface area contributed by atoms with Gasteiger partial charge < -0.3 is 4.98 Å². The normalized spacial score (nSPS) is 12.1. The highest BCUT2D eigenvalue weighted by atomic mass is 19.4. The summed E-state index contributed by atoms with van der Waals surface area (Å²) < 4.78 is 37.0. The molecule has 1 heterocycles. The topological polar surface area (TPSA) is 32.9 Å². The Labute approximate surface area is 85.1 Å². The lowest BCUT2D eigenvalue weighted by molar-refractivity contribution is -0.138. The lowest BCUT2D eigenvalue weighted by atomic mass is 10.0. The van der Waals surface area contributed by atoms with Gasteiger partial charge in [-0.1, -0.05) is 13.8 Å². The molecule has 0 aliphatic carbocycles. The first-order valence-electron chi connectivity index (χ1n) is 4.59. The van der Waals surface area contributed by atoms with Crippen LogP contribution >= 0.6 is 0 Å². The van der Waals surface area contributed by atoms with E-state index in [9.17, 15) is 18.0 Å². The number of nitrogens with one attached hydrogen (secondary N) is 1. The molecule has 0 radical (unpaired) electrons. The number of hydrogen-bond acceptors (Lipinski definition) is 1. The van der Waals surface area contributed by atoms with E-state index in [1.165, 1.54) is 6.20 Å². The smallest absolute Gasteiger partial charge is 0.328 e. The summed E-state index contributed by atoms with van der Waals surface area (Å²) >= 11 is 0.